The summed E-state index contributed by atoms with van der Waals surface area (Å²) in [6.07, 6.45) is 5.83. The molecule has 1 amide bonds. The predicted octanol–water partition coefficient (Wildman–Crippen LogP) is 1.10. The number of likely N-dealkylation sites (N-methyl/N-ethyl adjacent to an activating group) is 1. The zero-order valence-electron chi connectivity index (χ0n) is 11.8. The number of hydrogen-bond donors (Lipinski definition) is 1. The maximum atomic E-state index is 12.4. The molecule has 2 rings (SSSR count). The molecule has 0 bridgehead atoms. The van der Waals surface area contributed by atoms with E-state index in [1.165, 1.54) is 10.9 Å². The highest BCUT2D eigenvalue weighted by Crippen LogP contribution is 2.13. The fraction of sp³-hybridized carbons (Fsp3) is 0.357. The van der Waals surface area contributed by atoms with Gasteiger partial charge in [-0.05, 0) is 31.0 Å². The van der Waals surface area contributed by atoms with Gasteiger partial charge in [-0.25, -0.2) is 0 Å². The van der Waals surface area contributed by atoms with Gasteiger partial charge in [0.25, 0.3) is 5.91 Å². The van der Waals surface area contributed by atoms with Gasteiger partial charge in [0, 0.05) is 32.5 Å². The highest BCUT2D eigenvalue weighted by molar-refractivity contribution is 5.98. The summed E-state index contributed by atoms with van der Waals surface area (Å²) in [5.74, 6) is 0.324. The average molecular weight is 273 g/mol. The highest BCUT2D eigenvalue weighted by atomic mass is 16.2. The Kier molecular flexibility index (Phi) is 4.34. The van der Waals surface area contributed by atoms with Gasteiger partial charge in [-0.3, -0.25) is 14.5 Å². The molecule has 106 valence electrons. The molecule has 20 heavy (non-hydrogen) atoms. The van der Waals surface area contributed by atoms with Gasteiger partial charge in [0.05, 0.1) is 6.20 Å². The lowest BCUT2D eigenvalue weighted by Crippen LogP contribution is -2.33. The normalized spacial score (nSPS) is 10.5. The van der Waals surface area contributed by atoms with Gasteiger partial charge in [0.15, 0.2) is 0 Å². The average Bonchev–Trinajstić information content (AvgIpc) is 2.80. The number of nitrogens with zero attached hydrogens (tertiary/aromatic N) is 4. The first-order valence-electron chi connectivity index (χ1n) is 6.59. The third kappa shape index (κ3) is 2.96. The van der Waals surface area contributed by atoms with Gasteiger partial charge >= 0.3 is 0 Å². The van der Waals surface area contributed by atoms with Crippen molar-refractivity contribution in [3.63, 3.8) is 0 Å². The van der Waals surface area contributed by atoms with Crippen molar-refractivity contribution in [2.24, 2.45) is 7.05 Å². The van der Waals surface area contributed by atoms with Crippen LogP contribution in [0.15, 0.2) is 30.7 Å². The van der Waals surface area contributed by atoms with E-state index in [4.69, 9.17) is 5.73 Å². The van der Waals surface area contributed by atoms with E-state index < -0.39 is 0 Å². The lowest BCUT2D eigenvalue weighted by atomic mass is 10.2. The number of carbonyl (C=O) groups is 1. The molecule has 6 heteroatoms. The lowest BCUT2D eigenvalue weighted by molar-refractivity contribution is 0.0767. The van der Waals surface area contributed by atoms with Crippen molar-refractivity contribution < 1.29 is 4.79 Å². The van der Waals surface area contributed by atoms with Crippen molar-refractivity contribution in [3.05, 3.63) is 41.9 Å². The van der Waals surface area contributed by atoms with Crippen LogP contribution in [0.3, 0.4) is 0 Å². The van der Waals surface area contributed by atoms with Crippen LogP contribution in [0.1, 0.15) is 22.8 Å². The molecule has 2 N–H and O–H groups in total. The van der Waals surface area contributed by atoms with E-state index in [9.17, 15) is 4.79 Å². The monoisotopic (exact) mass is 273 g/mol. The molecule has 0 atom stereocenters. The number of carbonyl (C=O) groups excluding carboxylic acids is 1. The molecule has 0 fully saturated rings. The predicted molar refractivity (Wildman–Crippen MR) is 77.1 cm³/mol. The number of hydrogen-bond acceptors (Lipinski definition) is 4. The van der Waals surface area contributed by atoms with Crippen LogP contribution in [0, 0.1) is 0 Å². The molecule has 6 nitrogen and oxygen atoms in total. The minimum atomic E-state index is -0.0767. The fourth-order valence-corrected chi connectivity index (χ4v) is 2.00. The van der Waals surface area contributed by atoms with Gasteiger partial charge in [0.2, 0.25) is 0 Å². The number of nitrogen functional groups attached to an aromatic ring is 1. The van der Waals surface area contributed by atoms with Gasteiger partial charge < -0.3 is 10.6 Å². The van der Waals surface area contributed by atoms with Crippen LogP contribution in [0.25, 0.3) is 0 Å². The van der Waals surface area contributed by atoms with Crippen LogP contribution < -0.4 is 5.73 Å². The zero-order valence-corrected chi connectivity index (χ0v) is 11.8. The summed E-state index contributed by atoms with van der Waals surface area (Å²) in [6, 6.07) is 3.91. The Balaban J connectivity index is 2.05. The number of amides is 1. The van der Waals surface area contributed by atoms with Crippen molar-refractivity contribution >= 4 is 11.7 Å². The van der Waals surface area contributed by atoms with Gasteiger partial charge in [-0.2, -0.15) is 5.10 Å². The summed E-state index contributed by atoms with van der Waals surface area (Å²) in [5.41, 5.74) is 7.47. The molecule has 0 aromatic carbocycles. The number of pyridine rings is 1. The Hall–Kier alpha value is -2.37. The SMILES string of the molecule is CCN(CCc1ccncc1)C(=O)c1cnn(C)c1N. The molecule has 2 aromatic rings. The van der Waals surface area contributed by atoms with Crippen LogP contribution >= 0.6 is 0 Å². The highest BCUT2D eigenvalue weighted by Gasteiger charge is 2.19. The first-order valence-corrected chi connectivity index (χ1v) is 6.59. The van der Waals surface area contributed by atoms with Crippen LogP contribution in [-0.2, 0) is 13.5 Å². The second-order valence-electron chi connectivity index (χ2n) is 4.56. The Labute approximate surface area is 118 Å². The molecule has 0 unspecified atom stereocenters. The first-order chi connectivity index (χ1) is 9.63. The van der Waals surface area contributed by atoms with E-state index in [1.807, 2.05) is 19.1 Å². The van der Waals surface area contributed by atoms with Gasteiger partial charge in [-0.15, -0.1) is 0 Å². The molecule has 0 saturated carbocycles. The van der Waals surface area contributed by atoms with Gasteiger partial charge in [-0.1, -0.05) is 0 Å². The van der Waals surface area contributed by atoms with Crippen LogP contribution in [0.5, 0.6) is 0 Å². The third-order valence-electron chi connectivity index (χ3n) is 3.30. The molecule has 0 aliphatic rings. The number of nitrogens with two attached hydrogens (primary N) is 1. The molecule has 0 aliphatic carbocycles. The summed E-state index contributed by atoms with van der Waals surface area (Å²) in [4.78, 5) is 18.2. The Morgan fingerprint density at radius 2 is 2.10 bits per heavy atom. The topological polar surface area (TPSA) is 77.0 Å². The standard InChI is InChI=1S/C14H19N5O/c1-3-19(9-6-11-4-7-16-8-5-11)14(20)12-10-17-18(2)13(12)15/h4-5,7-8,10H,3,6,9,15H2,1-2H3. The Morgan fingerprint density at radius 3 is 2.65 bits per heavy atom. The van der Waals surface area contributed by atoms with E-state index in [0.717, 1.165) is 12.0 Å². The molecule has 0 saturated heterocycles. The number of aryl methyl sites for hydroxylation is 1. The molecule has 2 aromatic heterocycles. The number of anilines is 1. The van der Waals surface area contributed by atoms with E-state index in [0.29, 0.717) is 24.5 Å². The molecule has 0 radical (unpaired) electrons. The van der Waals surface area contributed by atoms with E-state index in [-0.39, 0.29) is 5.91 Å². The second kappa shape index (κ2) is 6.18. The second-order valence-corrected chi connectivity index (χ2v) is 4.56. The van der Waals surface area contributed by atoms with Crippen LogP contribution in [-0.4, -0.2) is 38.7 Å². The maximum absolute atomic E-state index is 12.4. The largest absolute Gasteiger partial charge is 0.383 e. The summed E-state index contributed by atoms with van der Waals surface area (Å²) in [6.45, 7) is 3.24. The van der Waals surface area contributed by atoms with E-state index in [2.05, 4.69) is 10.1 Å². The maximum Gasteiger partial charge on any atom is 0.259 e. The number of rotatable bonds is 5. The molecule has 0 spiro atoms. The van der Waals surface area contributed by atoms with Crippen molar-refractivity contribution in [2.75, 3.05) is 18.8 Å². The van der Waals surface area contributed by atoms with Gasteiger partial charge in [0.1, 0.15) is 11.4 Å². The van der Waals surface area contributed by atoms with Crippen LogP contribution in [0.2, 0.25) is 0 Å². The lowest BCUT2D eigenvalue weighted by Gasteiger charge is -2.20. The summed E-state index contributed by atoms with van der Waals surface area (Å²) < 4.78 is 1.50. The van der Waals surface area contributed by atoms with Crippen molar-refractivity contribution in [3.8, 4) is 0 Å². The molecule has 2 heterocycles. The first kappa shape index (κ1) is 14.0. The van der Waals surface area contributed by atoms with Crippen molar-refractivity contribution in [2.45, 2.75) is 13.3 Å². The van der Waals surface area contributed by atoms with E-state index >= 15 is 0 Å². The molecule has 0 aliphatic heterocycles. The minimum absolute atomic E-state index is 0.0767. The molecular formula is C14H19N5O. The summed E-state index contributed by atoms with van der Waals surface area (Å²) in [7, 11) is 1.72. The van der Waals surface area contributed by atoms with E-state index in [1.54, 1.807) is 24.3 Å². The van der Waals surface area contributed by atoms with Crippen molar-refractivity contribution in [1.82, 2.24) is 19.7 Å². The summed E-state index contributed by atoms with van der Waals surface area (Å²) in [5, 5.41) is 4.01. The summed E-state index contributed by atoms with van der Waals surface area (Å²) >= 11 is 0. The zero-order chi connectivity index (χ0) is 14.5. The Bertz CT molecular complexity index is 579. The van der Waals surface area contributed by atoms with Crippen LogP contribution in [0.4, 0.5) is 5.82 Å². The quantitative estimate of drug-likeness (QED) is 0.885. The minimum Gasteiger partial charge on any atom is -0.383 e. The smallest absolute Gasteiger partial charge is 0.259 e. The third-order valence-corrected chi connectivity index (χ3v) is 3.30. The fourth-order valence-electron chi connectivity index (χ4n) is 2.00. The number of aromatic nitrogens is 3. The van der Waals surface area contributed by atoms with Crippen molar-refractivity contribution in [1.29, 1.82) is 0 Å². The Morgan fingerprint density at radius 1 is 1.40 bits per heavy atom. The molecular weight excluding hydrogens is 254 g/mol.